The molecule has 0 aliphatic carbocycles. The van der Waals surface area contributed by atoms with Crippen molar-refractivity contribution in [2.24, 2.45) is 0 Å². The van der Waals surface area contributed by atoms with Gasteiger partial charge in [-0.05, 0) is 19.1 Å². The highest BCUT2D eigenvalue weighted by atomic mass is 32.1. The fourth-order valence-corrected chi connectivity index (χ4v) is 2.31. The molecule has 2 rings (SSSR count). The molecule has 2 aromatic rings. The zero-order valence-electron chi connectivity index (χ0n) is 10.8. The molecule has 0 aliphatic rings. The summed E-state index contributed by atoms with van der Waals surface area (Å²) in [4.78, 5) is 17.9. The number of anilines is 1. The summed E-state index contributed by atoms with van der Waals surface area (Å²) in [6.07, 6.45) is 1.71. The molecule has 2 heterocycles. The Bertz CT molecular complexity index is 542. The molecule has 7 heteroatoms. The third kappa shape index (κ3) is 3.47. The number of hydrogen-bond acceptors (Lipinski definition) is 6. The smallest absolute Gasteiger partial charge is 0.284 e. The second kappa shape index (κ2) is 6.24. The van der Waals surface area contributed by atoms with Crippen LogP contribution in [0.25, 0.3) is 0 Å². The number of pyridine rings is 1. The number of carbonyl (C=O) groups is 1. The first-order chi connectivity index (χ1) is 9.20. The average Bonchev–Trinajstić information content (AvgIpc) is 2.88. The normalized spacial score (nSPS) is 10.2. The molecule has 0 fully saturated rings. The van der Waals surface area contributed by atoms with Gasteiger partial charge in [-0.25, -0.2) is 0 Å². The average molecular weight is 277 g/mol. The van der Waals surface area contributed by atoms with E-state index >= 15 is 0 Å². The van der Waals surface area contributed by atoms with Crippen LogP contribution in [-0.2, 0) is 6.54 Å². The monoisotopic (exact) mass is 277 g/mol. The van der Waals surface area contributed by atoms with E-state index in [1.807, 2.05) is 25.1 Å². The lowest BCUT2D eigenvalue weighted by Crippen LogP contribution is -2.26. The molecule has 0 radical (unpaired) electrons. The van der Waals surface area contributed by atoms with Gasteiger partial charge in [0.25, 0.3) is 5.91 Å². The number of hydrogen-bond donors (Lipinski definition) is 1. The number of amides is 1. The number of nitrogens with zero attached hydrogens (tertiary/aromatic N) is 4. The third-order valence-electron chi connectivity index (χ3n) is 2.41. The lowest BCUT2D eigenvalue weighted by molar-refractivity contribution is 0.0782. The standard InChI is InChI=1S/C12H15N5OS/c1-3-13-12-16-15-10(19-12)11(18)17(2)8-9-6-4-5-7-14-9/h4-7H,3,8H2,1-2H3,(H,13,16). The summed E-state index contributed by atoms with van der Waals surface area (Å²) < 4.78 is 0. The van der Waals surface area contributed by atoms with Gasteiger partial charge in [-0.3, -0.25) is 9.78 Å². The molecule has 0 saturated carbocycles. The molecule has 6 nitrogen and oxygen atoms in total. The second-order valence-electron chi connectivity index (χ2n) is 3.92. The van der Waals surface area contributed by atoms with Gasteiger partial charge in [-0.15, -0.1) is 10.2 Å². The van der Waals surface area contributed by atoms with Crippen LogP contribution in [0.2, 0.25) is 0 Å². The molecular weight excluding hydrogens is 262 g/mol. The predicted octanol–water partition coefficient (Wildman–Crippen LogP) is 1.64. The number of rotatable bonds is 5. The fourth-order valence-electron chi connectivity index (χ4n) is 1.50. The van der Waals surface area contributed by atoms with Crippen molar-refractivity contribution >= 4 is 22.4 Å². The van der Waals surface area contributed by atoms with Crippen molar-refractivity contribution in [2.75, 3.05) is 18.9 Å². The van der Waals surface area contributed by atoms with Gasteiger partial charge < -0.3 is 10.2 Å². The molecule has 1 amide bonds. The summed E-state index contributed by atoms with van der Waals surface area (Å²) in [6.45, 7) is 3.18. The van der Waals surface area contributed by atoms with Gasteiger partial charge >= 0.3 is 0 Å². The van der Waals surface area contributed by atoms with Gasteiger partial charge in [0, 0.05) is 19.8 Å². The van der Waals surface area contributed by atoms with E-state index in [9.17, 15) is 4.79 Å². The van der Waals surface area contributed by atoms with E-state index in [0.29, 0.717) is 16.7 Å². The Labute approximate surface area is 115 Å². The lowest BCUT2D eigenvalue weighted by atomic mass is 10.3. The van der Waals surface area contributed by atoms with E-state index < -0.39 is 0 Å². The largest absolute Gasteiger partial charge is 0.360 e. The maximum atomic E-state index is 12.1. The van der Waals surface area contributed by atoms with Gasteiger partial charge in [-0.2, -0.15) is 0 Å². The first-order valence-electron chi connectivity index (χ1n) is 5.93. The highest BCUT2D eigenvalue weighted by Gasteiger charge is 2.17. The molecule has 0 atom stereocenters. The first-order valence-corrected chi connectivity index (χ1v) is 6.75. The number of nitrogens with one attached hydrogen (secondary N) is 1. The molecule has 100 valence electrons. The van der Waals surface area contributed by atoms with Crippen molar-refractivity contribution in [1.29, 1.82) is 0 Å². The van der Waals surface area contributed by atoms with Crippen LogP contribution in [0.15, 0.2) is 24.4 Å². The molecule has 0 aliphatic heterocycles. The van der Waals surface area contributed by atoms with Crippen LogP contribution in [0.3, 0.4) is 0 Å². The van der Waals surface area contributed by atoms with Gasteiger partial charge in [-0.1, -0.05) is 17.4 Å². The molecule has 0 saturated heterocycles. The van der Waals surface area contributed by atoms with Crippen molar-refractivity contribution in [3.8, 4) is 0 Å². The maximum Gasteiger partial charge on any atom is 0.284 e. The van der Waals surface area contributed by atoms with Crippen LogP contribution in [0.1, 0.15) is 22.4 Å². The number of aromatic nitrogens is 3. The van der Waals surface area contributed by atoms with Crippen molar-refractivity contribution in [2.45, 2.75) is 13.5 Å². The van der Waals surface area contributed by atoms with Gasteiger partial charge in [0.15, 0.2) is 0 Å². The van der Waals surface area contributed by atoms with E-state index in [1.165, 1.54) is 11.3 Å². The number of carbonyl (C=O) groups excluding carboxylic acids is 1. The van der Waals surface area contributed by atoms with Crippen LogP contribution in [0.4, 0.5) is 5.13 Å². The zero-order valence-corrected chi connectivity index (χ0v) is 11.6. The first kappa shape index (κ1) is 13.4. The van der Waals surface area contributed by atoms with E-state index in [2.05, 4.69) is 20.5 Å². The van der Waals surface area contributed by atoms with Crippen molar-refractivity contribution in [3.05, 3.63) is 35.1 Å². The van der Waals surface area contributed by atoms with Crippen molar-refractivity contribution in [1.82, 2.24) is 20.1 Å². The highest BCUT2D eigenvalue weighted by molar-refractivity contribution is 7.17. The second-order valence-corrected chi connectivity index (χ2v) is 4.90. The van der Waals surface area contributed by atoms with E-state index in [1.54, 1.807) is 18.1 Å². The SMILES string of the molecule is CCNc1nnc(C(=O)N(C)Cc2ccccn2)s1. The maximum absolute atomic E-state index is 12.1. The topological polar surface area (TPSA) is 71.0 Å². The Morgan fingerprint density at radius 1 is 1.42 bits per heavy atom. The summed E-state index contributed by atoms with van der Waals surface area (Å²) in [5.74, 6) is -0.146. The quantitative estimate of drug-likeness (QED) is 0.899. The van der Waals surface area contributed by atoms with Gasteiger partial charge in [0.1, 0.15) is 0 Å². The van der Waals surface area contributed by atoms with Gasteiger partial charge in [0.2, 0.25) is 10.1 Å². The molecule has 0 unspecified atom stereocenters. The van der Waals surface area contributed by atoms with Crippen molar-refractivity contribution < 1.29 is 4.79 Å². The van der Waals surface area contributed by atoms with Crippen LogP contribution in [0.5, 0.6) is 0 Å². The molecule has 0 bridgehead atoms. The Morgan fingerprint density at radius 3 is 2.95 bits per heavy atom. The van der Waals surface area contributed by atoms with Crippen LogP contribution in [-0.4, -0.2) is 39.6 Å². The Morgan fingerprint density at radius 2 is 2.26 bits per heavy atom. The third-order valence-corrected chi connectivity index (χ3v) is 3.28. The van der Waals surface area contributed by atoms with Crippen LogP contribution in [0, 0.1) is 0 Å². The minimum absolute atomic E-state index is 0.146. The highest BCUT2D eigenvalue weighted by Crippen LogP contribution is 2.16. The minimum Gasteiger partial charge on any atom is -0.360 e. The van der Waals surface area contributed by atoms with E-state index in [-0.39, 0.29) is 5.91 Å². The summed E-state index contributed by atoms with van der Waals surface area (Å²) in [5, 5.41) is 11.9. The summed E-state index contributed by atoms with van der Waals surface area (Å²) in [6, 6.07) is 5.63. The van der Waals surface area contributed by atoms with Crippen LogP contribution >= 0.6 is 11.3 Å². The lowest BCUT2D eigenvalue weighted by Gasteiger charge is -2.14. The summed E-state index contributed by atoms with van der Waals surface area (Å²) in [5.41, 5.74) is 0.842. The minimum atomic E-state index is -0.146. The van der Waals surface area contributed by atoms with Crippen molar-refractivity contribution in [3.63, 3.8) is 0 Å². The molecule has 2 aromatic heterocycles. The molecule has 0 aromatic carbocycles. The Hall–Kier alpha value is -2.02. The fraction of sp³-hybridized carbons (Fsp3) is 0.333. The zero-order chi connectivity index (χ0) is 13.7. The summed E-state index contributed by atoms with van der Waals surface area (Å²) >= 11 is 1.26. The molecular formula is C12H15N5OS. The Balaban J connectivity index is 2.02. The van der Waals surface area contributed by atoms with E-state index in [0.717, 1.165) is 12.2 Å². The van der Waals surface area contributed by atoms with Crippen LogP contribution < -0.4 is 5.32 Å². The summed E-state index contributed by atoms with van der Waals surface area (Å²) in [7, 11) is 1.73. The molecule has 0 spiro atoms. The predicted molar refractivity (Wildman–Crippen MR) is 74.1 cm³/mol. The molecule has 19 heavy (non-hydrogen) atoms. The Kier molecular flexibility index (Phi) is 4.40. The van der Waals surface area contributed by atoms with E-state index in [4.69, 9.17) is 0 Å². The van der Waals surface area contributed by atoms with Gasteiger partial charge in [0.05, 0.1) is 12.2 Å². The molecule has 1 N–H and O–H groups in total.